The van der Waals surface area contributed by atoms with Crippen molar-refractivity contribution < 1.29 is 14.3 Å². The Morgan fingerprint density at radius 3 is 2.55 bits per heavy atom. The Morgan fingerprint density at radius 1 is 1.35 bits per heavy atom. The third-order valence-electron chi connectivity index (χ3n) is 2.84. The van der Waals surface area contributed by atoms with Crippen molar-refractivity contribution in [3.8, 4) is 0 Å². The van der Waals surface area contributed by atoms with E-state index in [2.05, 4.69) is 15.9 Å². The number of halogens is 1. The molecule has 0 saturated carbocycles. The number of rotatable bonds is 5. The van der Waals surface area contributed by atoms with E-state index in [0.717, 1.165) is 10.0 Å². The van der Waals surface area contributed by atoms with Crippen LogP contribution in [0.25, 0.3) is 0 Å². The molecule has 0 spiro atoms. The molecule has 0 aromatic heterocycles. The molecular formula is C15H20BrNO3. The summed E-state index contributed by atoms with van der Waals surface area (Å²) in [5, 5.41) is 0. The van der Waals surface area contributed by atoms with Crippen LogP contribution in [0.3, 0.4) is 0 Å². The first-order valence-electron chi connectivity index (χ1n) is 6.59. The Morgan fingerprint density at radius 2 is 2.00 bits per heavy atom. The van der Waals surface area contributed by atoms with E-state index in [1.165, 1.54) is 4.90 Å². The number of nitrogens with zero attached hydrogens (tertiary/aromatic N) is 1. The average molecular weight is 342 g/mol. The molecule has 0 unspecified atom stereocenters. The van der Waals surface area contributed by atoms with Gasteiger partial charge in [-0.2, -0.15) is 0 Å². The normalized spacial score (nSPS) is 10.5. The van der Waals surface area contributed by atoms with E-state index in [0.29, 0.717) is 12.2 Å². The largest absolute Gasteiger partial charge is 0.465 e. The highest BCUT2D eigenvalue weighted by Crippen LogP contribution is 2.21. The summed E-state index contributed by atoms with van der Waals surface area (Å²) in [4.78, 5) is 25.7. The maximum Gasteiger partial charge on any atom is 0.325 e. The molecule has 0 saturated heterocycles. The van der Waals surface area contributed by atoms with Gasteiger partial charge in [-0.05, 0) is 55.8 Å². The molecule has 0 bridgehead atoms. The van der Waals surface area contributed by atoms with Gasteiger partial charge in [-0.25, -0.2) is 0 Å². The molecule has 0 heterocycles. The lowest BCUT2D eigenvalue weighted by atomic mass is 10.1. The summed E-state index contributed by atoms with van der Waals surface area (Å²) >= 11 is 3.38. The van der Waals surface area contributed by atoms with Gasteiger partial charge in [0.05, 0.1) is 12.2 Å². The topological polar surface area (TPSA) is 46.6 Å². The quantitative estimate of drug-likeness (QED) is 0.772. The molecule has 1 amide bonds. The molecule has 0 aliphatic rings. The average Bonchev–Trinajstić information content (AvgIpc) is 2.38. The monoisotopic (exact) mass is 341 g/mol. The van der Waals surface area contributed by atoms with Gasteiger partial charge in [-0.3, -0.25) is 9.59 Å². The fourth-order valence-electron chi connectivity index (χ4n) is 1.79. The molecule has 0 N–H and O–H groups in total. The fourth-order valence-corrected chi connectivity index (χ4v) is 2.21. The number of ether oxygens (including phenoxy) is 1. The number of carbonyl (C=O) groups is 2. The van der Waals surface area contributed by atoms with Gasteiger partial charge in [0.15, 0.2) is 0 Å². The molecule has 0 aliphatic heterocycles. The Balaban J connectivity index is 2.99. The Hall–Kier alpha value is -1.36. The van der Waals surface area contributed by atoms with Crippen molar-refractivity contribution in [2.75, 3.05) is 13.2 Å². The maximum absolute atomic E-state index is 12.6. The lowest BCUT2D eigenvalue weighted by Gasteiger charge is -2.26. The number of carbonyl (C=O) groups excluding carboxylic acids is 2. The van der Waals surface area contributed by atoms with Gasteiger partial charge < -0.3 is 9.64 Å². The summed E-state index contributed by atoms with van der Waals surface area (Å²) in [7, 11) is 0. The van der Waals surface area contributed by atoms with Gasteiger partial charge in [-0.15, -0.1) is 0 Å². The van der Waals surface area contributed by atoms with Crippen LogP contribution in [0.5, 0.6) is 0 Å². The van der Waals surface area contributed by atoms with Gasteiger partial charge in [-0.1, -0.05) is 11.6 Å². The number of hydrogen-bond acceptors (Lipinski definition) is 3. The zero-order valence-electron chi connectivity index (χ0n) is 12.3. The van der Waals surface area contributed by atoms with Crippen LogP contribution in [0.4, 0.5) is 0 Å². The van der Waals surface area contributed by atoms with Crippen molar-refractivity contribution in [3.63, 3.8) is 0 Å². The van der Waals surface area contributed by atoms with Crippen LogP contribution in [0.2, 0.25) is 0 Å². The lowest BCUT2D eigenvalue weighted by Crippen LogP contribution is -2.41. The van der Waals surface area contributed by atoms with E-state index in [4.69, 9.17) is 4.74 Å². The van der Waals surface area contributed by atoms with Crippen LogP contribution in [-0.2, 0) is 9.53 Å². The summed E-state index contributed by atoms with van der Waals surface area (Å²) in [5.41, 5.74) is 1.55. The molecule has 0 radical (unpaired) electrons. The van der Waals surface area contributed by atoms with Gasteiger partial charge >= 0.3 is 5.97 Å². The molecule has 4 nitrogen and oxygen atoms in total. The van der Waals surface area contributed by atoms with Gasteiger partial charge in [0.1, 0.15) is 6.54 Å². The zero-order valence-corrected chi connectivity index (χ0v) is 13.9. The third-order valence-corrected chi connectivity index (χ3v) is 3.53. The first-order chi connectivity index (χ1) is 9.36. The summed E-state index contributed by atoms with van der Waals surface area (Å²) in [5.74, 6) is -0.568. The molecule has 110 valence electrons. The zero-order chi connectivity index (χ0) is 15.3. The Labute approximate surface area is 128 Å². The van der Waals surface area contributed by atoms with Gasteiger partial charge in [0.2, 0.25) is 0 Å². The highest BCUT2D eigenvalue weighted by atomic mass is 79.9. The van der Waals surface area contributed by atoms with Gasteiger partial charge in [0.25, 0.3) is 5.91 Å². The molecule has 1 aromatic rings. The van der Waals surface area contributed by atoms with Crippen LogP contribution in [0.1, 0.15) is 36.7 Å². The molecule has 1 rings (SSSR count). The molecule has 0 fully saturated rings. The smallest absolute Gasteiger partial charge is 0.325 e. The molecule has 1 aromatic carbocycles. The van der Waals surface area contributed by atoms with E-state index in [9.17, 15) is 9.59 Å². The Bertz CT molecular complexity index is 500. The summed E-state index contributed by atoms with van der Waals surface area (Å²) < 4.78 is 5.64. The number of hydrogen-bond donors (Lipinski definition) is 0. The van der Waals surface area contributed by atoms with E-state index < -0.39 is 5.97 Å². The maximum atomic E-state index is 12.6. The summed E-state index contributed by atoms with van der Waals surface area (Å²) in [6.07, 6.45) is 0. The van der Waals surface area contributed by atoms with Crippen molar-refractivity contribution in [2.24, 2.45) is 0 Å². The Kier molecular flexibility index (Phi) is 6.20. The second-order valence-corrected chi connectivity index (χ2v) is 5.67. The van der Waals surface area contributed by atoms with Crippen LogP contribution >= 0.6 is 15.9 Å². The molecule has 0 aliphatic carbocycles. The number of aryl methyl sites for hydroxylation is 1. The minimum Gasteiger partial charge on any atom is -0.465 e. The minimum absolute atomic E-state index is 0.0370. The SMILES string of the molecule is CCOC(=O)CN(C(=O)c1cc(C)ccc1Br)C(C)C. The summed E-state index contributed by atoms with van der Waals surface area (Å²) in [6.45, 7) is 7.70. The second kappa shape index (κ2) is 7.43. The number of esters is 1. The van der Waals surface area contributed by atoms with Crippen molar-refractivity contribution >= 4 is 27.8 Å². The standard InChI is InChI=1S/C15H20BrNO3/c1-5-20-14(18)9-17(10(2)3)15(19)12-8-11(4)6-7-13(12)16/h6-8,10H,5,9H2,1-4H3. The van der Waals surface area contributed by atoms with E-state index in [-0.39, 0.29) is 18.5 Å². The molecule has 0 atom stereocenters. The van der Waals surface area contributed by atoms with Crippen molar-refractivity contribution in [2.45, 2.75) is 33.7 Å². The lowest BCUT2D eigenvalue weighted by molar-refractivity contribution is -0.144. The number of amides is 1. The predicted molar refractivity (Wildman–Crippen MR) is 81.7 cm³/mol. The van der Waals surface area contributed by atoms with Crippen LogP contribution in [-0.4, -0.2) is 36.0 Å². The predicted octanol–water partition coefficient (Wildman–Crippen LogP) is 3.17. The first-order valence-corrected chi connectivity index (χ1v) is 7.38. The van der Waals surface area contributed by atoms with Gasteiger partial charge in [0, 0.05) is 10.5 Å². The van der Waals surface area contributed by atoms with E-state index >= 15 is 0 Å². The third kappa shape index (κ3) is 4.34. The molecule has 5 heteroatoms. The van der Waals surface area contributed by atoms with E-state index in [1.54, 1.807) is 6.92 Å². The number of benzene rings is 1. The minimum atomic E-state index is -0.390. The molecular weight excluding hydrogens is 322 g/mol. The van der Waals surface area contributed by atoms with Crippen LogP contribution in [0, 0.1) is 6.92 Å². The highest BCUT2D eigenvalue weighted by Gasteiger charge is 2.23. The fraction of sp³-hybridized carbons (Fsp3) is 0.467. The van der Waals surface area contributed by atoms with Crippen molar-refractivity contribution in [3.05, 3.63) is 33.8 Å². The first kappa shape index (κ1) is 16.7. The highest BCUT2D eigenvalue weighted by molar-refractivity contribution is 9.10. The molecule has 20 heavy (non-hydrogen) atoms. The van der Waals surface area contributed by atoms with Crippen molar-refractivity contribution in [1.29, 1.82) is 0 Å². The van der Waals surface area contributed by atoms with Crippen LogP contribution < -0.4 is 0 Å². The second-order valence-electron chi connectivity index (χ2n) is 4.82. The summed E-state index contributed by atoms with van der Waals surface area (Å²) in [6, 6.07) is 5.49. The van der Waals surface area contributed by atoms with E-state index in [1.807, 2.05) is 39.0 Å². The van der Waals surface area contributed by atoms with Crippen LogP contribution in [0.15, 0.2) is 22.7 Å². The van der Waals surface area contributed by atoms with Crippen molar-refractivity contribution in [1.82, 2.24) is 4.90 Å².